The molecule has 0 fully saturated rings. The summed E-state index contributed by atoms with van der Waals surface area (Å²) in [5, 5.41) is 3.66. The van der Waals surface area contributed by atoms with Crippen LogP contribution in [-0.4, -0.2) is 23.4 Å². The van der Waals surface area contributed by atoms with E-state index in [2.05, 4.69) is 48.4 Å². The highest BCUT2D eigenvalue weighted by Crippen LogP contribution is 2.27. The molecule has 0 aliphatic heterocycles. The number of hydrogen-bond donors (Lipinski definition) is 0. The molecule has 100 valence electrons. The zero-order valence-electron chi connectivity index (χ0n) is 10.7. The van der Waals surface area contributed by atoms with Gasteiger partial charge in [-0.25, -0.2) is 0 Å². The Balaban J connectivity index is 0.00000162. The molecule has 4 heteroatoms. The maximum Gasteiger partial charge on any atom is 0.0351 e. The van der Waals surface area contributed by atoms with Crippen LogP contribution in [0.5, 0.6) is 0 Å². The third-order valence-electron chi connectivity index (χ3n) is 3.04. The fraction of sp³-hybridized carbons (Fsp3) is 0.429. The third kappa shape index (κ3) is 3.61. The summed E-state index contributed by atoms with van der Waals surface area (Å²) in [6.45, 7) is 6.39. The van der Waals surface area contributed by atoms with Crippen LogP contribution in [-0.2, 0) is 6.54 Å². The Morgan fingerprint density at radius 3 is 2.67 bits per heavy atom. The van der Waals surface area contributed by atoms with Crippen LogP contribution < -0.4 is 0 Å². The molecule has 0 aliphatic carbocycles. The van der Waals surface area contributed by atoms with Crippen LogP contribution in [0.1, 0.15) is 19.4 Å². The van der Waals surface area contributed by atoms with Crippen molar-refractivity contribution >= 4 is 45.4 Å². The average Bonchev–Trinajstić information content (AvgIpc) is 2.72. The number of fused-ring (bicyclic) bond motifs is 1. The van der Waals surface area contributed by atoms with Crippen molar-refractivity contribution < 1.29 is 0 Å². The Hall–Kier alpha value is -0.280. The molecule has 0 saturated carbocycles. The second-order valence-corrected chi connectivity index (χ2v) is 5.80. The lowest BCUT2D eigenvalue weighted by Gasteiger charge is -2.25. The second kappa shape index (κ2) is 7.34. The molecular weight excluding hydrogens is 285 g/mol. The van der Waals surface area contributed by atoms with Crippen molar-refractivity contribution in [1.29, 1.82) is 0 Å². The molecule has 1 aromatic carbocycles. The van der Waals surface area contributed by atoms with Crippen LogP contribution in [0.2, 0.25) is 0 Å². The van der Waals surface area contributed by atoms with Gasteiger partial charge in [0.15, 0.2) is 0 Å². The van der Waals surface area contributed by atoms with Crippen LogP contribution in [0.3, 0.4) is 0 Å². The van der Waals surface area contributed by atoms with Gasteiger partial charge in [0.1, 0.15) is 0 Å². The highest BCUT2D eigenvalue weighted by atomic mass is 35.5. The molecule has 0 bridgehead atoms. The molecule has 0 unspecified atom stereocenters. The number of nitrogens with zero attached hydrogens (tertiary/aromatic N) is 1. The number of alkyl halides is 1. The second-order valence-electron chi connectivity index (χ2n) is 4.51. The molecule has 2 aromatic rings. The van der Waals surface area contributed by atoms with Crippen molar-refractivity contribution in [2.24, 2.45) is 0 Å². The summed E-state index contributed by atoms with van der Waals surface area (Å²) in [4.78, 5) is 2.42. The Labute approximate surface area is 124 Å². The smallest absolute Gasteiger partial charge is 0.0351 e. The standard InChI is InChI=1S/C14H18ClNS.ClH/c1-11(2)16(8-7-15)9-12-10-17-14-6-4-3-5-13(12)14;/h3-6,10-11H,7-9H2,1-2H3;1H. The first-order chi connectivity index (χ1) is 8.22. The van der Waals surface area contributed by atoms with Gasteiger partial charge in [0.05, 0.1) is 0 Å². The van der Waals surface area contributed by atoms with Crippen LogP contribution in [0.4, 0.5) is 0 Å². The summed E-state index contributed by atoms with van der Waals surface area (Å²) < 4.78 is 1.37. The van der Waals surface area contributed by atoms with E-state index in [0.717, 1.165) is 13.1 Å². The zero-order valence-corrected chi connectivity index (χ0v) is 13.1. The normalized spacial score (nSPS) is 11.2. The maximum atomic E-state index is 5.86. The van der Waals surface area contributed by atoms with Gasteiger partial charge in [0.25, 0.3) is 0 Å². The minimum Gasteiger partial charge on any atom is -0.295 e. The monoisotopic (exact) mass is 303 g/mol. The Kier molecular flexibility index (Phi) is 6.44. The first kappa shape index (κ1) is 15.8. The van der Waals surface area contributed by atoms with Crippen molar-refractivity contribution in [3.63, 3.8) is 0 Å². The summed E-state index contributed by atoms with van der Waals surface area (Å²) >= 11 is 7.69. The van der Waals surface area contributed by atoms with E-state index < -0.39 is 0 Å². The largest absolute Gasteiger partial charge is 0.295 e. The summed E-state index contributed by atoms with van der Waals surface area (Å²) in [7, 11) is 0. The summed E-state index contributed by atoms with van der Waals surface area (Å²) in [6.07, 6.45) is 0. The lowest BCUT2D eigenvalue weighted by molar-refractivity contribution is 0.227. The molecule has 0 spiro atoms. The summed E-state index contributed by atoms with van der Waals surface area (Å²) in [5.74, 6) is 0.695. The molecular formula is C14H19Cl2NS. The van der Waals surface area contributed by atoms with Gasteiger partial charge in [-0.15, -0.1) is 35.3 Å². The van der Waals surface area contributed by atoms with Crippen LogP contribution in [0.25, 0.3) is 10.1 Å². The Morgan fingerprint density at radius 2 is 2.00 bits per heavy atom. The third-order valence-corrected chi connectivity index (χ3v) is 4.22. The molecule has 1 heterocycles. The van der Waals surface area contributed by atoms with E-state index in [1.54, 1.807) is 0 Å². The average molecular weight is 304 g/mol. The van der Waals surface area contributed by atoms with Gasteiger partial charge in [-0.05, 0) is 36.2 Å². The minimum atomic E-state index is 0. The molecule has 2 rings (SSSR count). The lowest BCUT2D eigenvalue weighted by atomic mass is 10.1. The summed E-state index contributed by atoms with van der Waals surface area (Å²) in [6, 6.07) is 9.14. The van der Waals surface area contributed by atoms with Crippen LogP contribution >= 0.6 is 35.3 Å². The van der Waals surface area contributed by atoms with Gasteiger partial charge >= 0.3 is 0 Å². The van der Waals surface area contributed by atoms with Crippen molar-refractivity contribution in [1.82, 2.24) is 4.90 Å². The predicted octanol–water partition coefficient (Wildman–Crippen LogP) is 4.77. The van der Waals surface area contributed by atoms with Crippen molar-refractivity contribution in [2.45, 2.75) is 26.4 Å². The van der Waals surface area contributed by atoms with Gasteiger partial charge < -0.3 is 0 Å². The number of rotatable bonds is 5. The molecule has 1 aromatic heterocycles. The van der Waals surface area contributed by atoms with Gasteiger partial charge in [-0.1, -0.05) is 18.2 Å². The quantitative estimate of drug-likeness (QED) is 0.719. The van der Waals surface area contributed by atoms with Crippen LogP contribution in [0, 0.1) is 0 Å². The topological polar surface area (TPSA) is 3.24 Å². The first-order valence-corrected chi connectivity index (χ1v) is 7.39. The first-order valence-electron chi connectivity index (χ1n) is 5.97. The van der Waals surface area contributed by atoms with E-state index in [4.69, 9.17) is 11.6 Å². The highest BCUT2D eigenvalue weighted by molar-refractivity contribution is 7.17. The maximum absolute atomic E-state index is 5.86. The van der Waals surface area contributed by atoms with Crippen molar-refractivity contribution in [2.75, 3.05) is 12.4 Å². The van der Waals surface area contributed by atoms with Crippen molar-refractivity contribution in [3.8, 4) is 0 Å². The number of hydrogen-bond acceptors (Lipinski definition) is 2. The summed E-state index contributed by atoms with van der Waals surface area (Å²) in [5.41, 5.74) is 1.42. The molecule has 0 amide bonds. The number of benzene rings is 1. The van der Waals surface area contributed by atoms with Gasteiger partial charge in [0, 0.05) is 29.7 Å². The SMILES string of the molecule is CC(C)N(CCCl)Cc1csc2ccccc12.Cl. The highest BCUT2D eigenvalue weighted by Gasteiger charge is 2.12. The van der Waals surface area contributed by atoms with E-state index in [0.29, 0.717) is 11.9 Å². The Morgan fingerprint density at radius 1 is 1.28 bits per heavy atom. The zero-order chi connectivity index (χ0) is 12.3. The van der Waals surface area contributed by atoms with Gasteiger partial charge in [-0.3, -0.25) is 4.90 Å². The number of thiophene rings is 1. The predicted molar refractivity (Wildman–Crippen MR) is 85.3 cm³/mol. The molecule has 0 N–H and O–H groups in total. The molecule has 18 heavy (non-hydrogen) atoms. The Bertz CT molecular complexity index is 481. The molecule has 0 aliphatic rings. The minimum absolute atomic E-state index is 0. The molecule has 0 saturated heterocycles. The van der Waals surface area contributed by atoms with Gasteiger partial charge in [0.2, 0.25) is 0 Å². The molecule has 0 atom stereocenters. The van der Waals surface area contributed by atoms with E-state index >= 15 is 0 Å². The van der Waals surface area contributed by atoms with Crippen LogP contribution in [0.15, 0.2) is 29.6 Å². The fourth-order valence-corrected chi connectivity index (χ4v) is 3.17. The molecule has 0 radical (unpaired) electrons. The van der Waals surface area contributed by atoms with E-state index in [1.165, 1.54) is 15.6 Å². The fourth-order valence-electron chi connectivity index (χ4n) is 2.00. The number of halogens is 2. The van der Waals surface area contributed by atoms with E-state index in [9.17, 15) is 0 Å². The lowest BCUT2D eigenvalue weighted by Crippen LogP contribution is -2.31. The van der Waals surface area contributed by atoms with Crippen molar-refractivity contribution in [3.05, 3.63) is 35.2 Å². The molecule has 1 nitrogen and oxygen atoms in total. The van der Waals surface area contributed by atoms with E-state index in [1.807, 2.05) is 11.3 Å². The van der Waals surface area contributed by atoms with E-state index in [-0.39, 0.29) is 12.4 Å². The van der Waals surface area contributed by atoms with Gasteiger partial charge in [-0.2, -0.15) is 0 Å².